The molecule has 0 bridgehead atoms. The van der Waals surface area contributed by atoms with Gasteiger partial charge in [-0.3, -0.25) is 13.9 Å². The number of Topliss-reactive ketones (excluding diaryl/α,β-unsaturated/α-hetero) is 2. The number of sulfonamides is 1. The molecule has 0 amide bonds. The highest BCUT2D eigenvalue weighted by atomic mass is 32.2. The molecule has 24 heavy (non-hydrogen) atoms. The summed E-state index contributed by atoms with van der Waals surface area (Å²) in [4.78, 5) is 23.4. The maximum atomic E-state index is 13.4. The number of anilines is 1. The van der Waals surface area contributed by atoms with Crippen molar-refractivity contribution in [3.05, 3.63) is 59.4 Å². The van der Waals surface area contributed by atoms with E-state index in [1.807, 2.05) is 0 Å². The first-order valence-corrected chi connectivity index (χ1v) is 8.71. The number of benzene rings is 2. The van der Waals surface area contributed by atoms with Crippen LogP contribution in [0.3, 0.4) is 0 Å². The second-order valence-electron chi connectivity index (χ2n) is 5.50. The van der Waals surface area contributed by atoms with Crippen LogP contribution in [0.15, 0.2) is 47.4 Å². The average Bonchev–Trinajstić information content (AvgIpc) is 2.55. The summed E-state index contributed by atoms with van der Waals surface area (Å²) in [6, 6.07) is 9.17. The number of rotatable bonds is 3. The Kier molecular flexibility index (Phi) is 3.96. The molecule has 0 unspecified atom stereocenters. The normalized spacial score (nSPS) is 14.4. The topological polar surface area (TPSA) is 71.5 Å². The minimum Gasteiger partial charge on any atom is -0.295 e. The molecule has 0 N–H and O–H groups in total. The van der Waals surface area contributed by atoms with E-state index in [2.05, 4.69) is 0 Å². The van der Waals surface area contributed by atoms with Gasteiger partial charge in [-0.25, -0.2) is 12.8 Å². The van der Waals surface area contributed by atoms with Crippen molar-refractivity contribution in [3.63, 3.8) is 0 Å². The van der Waals surface area contributed by atoms with Gasteiger partial charge in [0, 0.05) is 24.1 Å². The molecule has 0 aliphatic carbocycles. The van der Waals surface area contributed by atoms with E-state index in [0.717, 1.165) is 16.4 Å². The molecular formula is C17H14FNO4S. The van der Waals surface area contributed by atoms with Gasteiger partial charge in [0.25, 0.3) is 10.0 Å². The fourth-order valence-electron chi connectivity index (χ4n) is 2.66. The third-order valence-corrected chi connectivity index (χ3v) is 5.71. The summed E-state index contributed by atoms with van der Waals surface area (Å²) in [6.45, 7) is 1.33. The highest BCUT2D eigenvalue weighted by Crippen LogP contribution is 2.32. The smallest absolute Gasteiger partial charge is 0.264 e. The molecule has 5 nitrogen and oxygen atoms in total. The van der Waals surface area contributed by atoms with Gasteiger partial charge in [0.05, 0.1) is 10.6 Å². The molecule has 0 atom stereocenters. The molecule has 0 fully saturated rings. The molecule has 0 aromatic heterocycles. The number of fused-ring (bicyclic) bond motifs is 1. The number of nitrogens with zero attached hydrogens (tertiary/aromatic N) is 1. The molecule has 124 valence electrons. The minimum absolute atomic E-state index is 0.0237. The molecule has 0 saturated carbocycles. The van der Waals surface area contributed by atoms with Gasteiger partial charge in [0.15, 0.2) is 11.6 Å². The molecule has 1 aliphatic heterocycles. The van der Waals surface area contributed by atoms with Gasteiger partial charge in [-0.05, 0) is 37.3 Å². The van der Waals surface area contributed by atoms with Gasteiger partial charge in [-0.2, -0.15) is 0 Å². The first-order chi connectivity index (χ1) is 11.3. The van der Waals surface area contributed by atoms with E-state index in [4.69, 9.17) is 0 Å². The van der Waals surface area contributed by atoms with E-state index in [1.165, 1.54) is 37.3 Å². The van der Waals surface area contributed by atoms with Gasteiger partial charge >= 0.3 is 0 Å². The number of ketones is 2. The van der Waals surface area contributed by atoms with Crippen LogP contribution in [-0.2, 0) is 10.0 Å². The lowest BCUT2D eigenvalue weighted by Gasteiger charge is -2.29. The molecular weight excluding hydrogens is 333 g/mol. The molecule has 0 spiro atoms. The van der Waals surface area contributed by atoms with Crippen molar-refractivity contribution in [2.45, 2.75) is 18.2 Å². The fraction of sp³-hybridized carbons (Fsp3) is 0.176. The Bertz CT molecular complexity index is 953. The van der Waals surface area contributed by atoms with E-state index < -0.39 is 15.8 Å². The van der Waals surface area contributed by atoms with Crippen LogP contribution < -0.4 is 4.31 Å². The quantitative estimate of drug-likeness (QED) is 0.801. The van der Waals surface area contributed by atoms with E-state index >= 15 is 0 Å². The van der Waals surface area contributed by atoms with Crippen LogP contribution in [0.25, 0.3) is 0 Å². The summed E-state index contributed by atoms with van der Waals surface area (Å²) in [5.41, 5.74) is 0.483. The zero-order chi connectivity index (χ0) is 17.5. The first-order valence-electron chi connectivity index (χ1n) is 7.27. The van der Waals surface area contributed by atoms with Crippen molar-refractivity contribution in [2.75, 3.05) is 10.8 Å². The Morgan fingerprint density at radius 1 is 1.17 bits per heavy atom. The van der Waals surface area contributed by atoms with Crippen LogP contribution in [0, 0.1) is 5.82 Å². The largest absolute Gasteiger partial charge is 0.295 e. The highest BCUT2D eigenvalue weighted by molar-refractivity contribution is 7.92. The predicted molar refractivity (Wildman–Crippen MR) is 86.3 cm³/mol. The average molecular weight is 347 g/mol. The SMILES string of the molecule is CC(=O)c1cccc(S(=O)(=O)N2CCC(=O)c3cc(F)ccc32)c1. The monoisotopic (exact) mass is 347 g/mol. The summed E-state index contributed by atoms with van der Waals surface area (Å²) >= 11 is 0. The summed E-state index contributed by atoms with van der Waals surface area (Å²) in [5.74, 6) is -1.14. The Balaban J connectivity index is 2.12. The second-order valence-corrected chi connectivity index (χ2v) is 7.36. The molecule has 0 radical (unpaired) electrons. The van der Waals surface area contributed by atoms with E-state index in [1.54, 1.807) is 0 Å². The van der Waals surface area contributed by atoms with Crippen molar-refractivity contribution in [1.29, 1.82) is 0 Å². The maximum absolute atomic E-state index is 13.4. The zero-order valence-electron chi connectivity index (χ0n) is 12.8. The van der Waals surface area contributed by atoms with E-state index in [9.17, 15) is 22.4 Å². The lowest BCUT2D eigenvalue weighted by Crippen LogP contribution is -2.37. The molecule has 3 rings (SSSR count). The van der Waals surface area contributed by atoms with E-state index in [0.29, 0.717) is 0 Å². The number of carbonyl (C=O) groups is 2. The van der Waals surface area contributed by atoms with Gasteiger partial charge in [0.1, 0.15) is 5.82 Å². The second kappa shape index (κ2) is 5.83. The van der Waals surface area contributed by atoms with Crippen molar-refractivity contribution in [3.8, 4) is 0 Å². The first kappa shape index (κ1) is 16.3. The summed E-state index contributed by atoms with van der Waals surface area (Å²) in [7, 11) is -3.96. The maximum Gasteiger partial charge on any atom is 0.264 e. The van der Waals surface area contributed by atoms with Crippen molar-refractivity contribution < 1.29 is 22.4 Å². The standard InChI is InChI=1S/C17H14FNO4S/c1-11(20)12-3-2-4-14(9-12)24(22,23)19-8-7-17(21)15-10-13(18)5-6-16(15)19/h2-6,9-10H,7-8H2,1H3. The van der Waals surface area contributed by atoms with Crippen molar-refractivity contribution in [2.24, 2.45) is 0 Å². The molecule has 7 heteroatoms. The third kappa shape index (κ3) is 2.71. The number of halogens is 1. The molecule has 1 aliphatic rings. The van der Waals surface area contributed by atoms with Crippen molar-refractivity contribution >= 4 is 27.3 Å². The van der Waals surface area contributed by atoms with Gasteiger partial charge in [0.2, 0.25) is 0 Å². The van der Waals surface area contributed by atoms with Gasteiger partial charge < -0.3 is 0 Å². The summed E-state index contributed by atoms with van der Waals surface area (Å²) in [5, 5.41) is 0. The minimum atomic E-state index is -3.96. The Hall–Kier alpha value is -2.54. The van der Waals surface area contributed by atoms with Crippen molar-refractivity contribution in [1.82, 2.24) is 0 Å². The van der Waals surface area contributed by atoms with Crippen LogP contribution in [0.1, 0.15) is 34.1 Å². The molecule has 0 saturated heterocycles. The predicted octanol–water partition coefficient (Wildman–Crippen LogP) is 2.81. The van der Waals surface area contributed by atoms with Crippen LogP contribution in [-0.4, -0.2) is 26.5 Å². The molecule has 1 heterocycles. The summed E-state index contributed by atoms with van der Waals surface area (Å²) < 4.78 is 40.3. The van der Waals surface area contributed by atoms with Crippen LogP contribution in [0.4, 0.5) is 10.1 Å². The Morgan fingerprint density at radius 3 is 2.62 bits per heavy atom. The number of carbonyl (C=O) groups excluding carboxylic acids is 2. The fourth-order valence-corrected chi connectivity index (χ4v) is 4.19. The molecule has 2 aromatic carbocycles. The van der Waals surface area contributed by atoms with Gasteiger partial charge in [-0.1, -0.05) is 12.1 Å². The van der Waals surface area contributed by atoms with Gasteiger partial charge in [-0.15, -0.1) is 0 Å². The lowest BCUT2D eigenvalue weighted by atomic mass is 10.0. The third-order valence-electron chi connectivity index (χ3n) is 3.90. The lowest BCUT2D eigenvalue weighted by molar-refractivity contribution is 0.0979. The highest BCUT2D eigenvalue weighted by Gasteiger charge is 2.32. The van der Waals surface area contributed by atoms with E-state index in [-0.39, 0.29) is 46.2 Å². The Morgan fingerprint density at radius 2 is 1.92 bits per heavy atom. The van der Waals surface area contributed by atoms with Crippen LogP contribution in [0.2, 0.25) is 0 Å². The summed E-state index contributed by atoms with van der Waals surface area (Å²) in [6.07, 6.45) is -0.0257. The Labute approximate surface area is 138 Å². The number of hydrogen-bond donors (Lipinski definition) is 0. The number of hydrogen-bond acceptors (Lipinski definition) is 4. The molecule has 2 aromatic rings. The van der Waals surface area contributed by atoms with Crippen LogP contribution in [0.5, 0.6) is 0 Å². The zero-order valence-corrected chi connectivity index (χ0v) is 13.6. The van der Waals surface area contributed by atoms with Crippen LogP contribution >= 0.6 is 0 Å².